The van der Waals surface area contributed by atoms with Gasteiger partial charge in [0.1, 0.15) is 6.33 Å². The van der Waals surface area contributed by atoms with Crippen LogP contribution in [0.25, 0.3) is 5.78 Å². The third-order valence-electron chi connectivity index (χ3n) is 1.32. The molecular formula is C5H5N5S. The quantitative estimate of drug-likeness (QED) is 0.580. The van der Waals surface area contributed by atoms with Gasteiger partial charge in [0.05, 0.1) is 5.69 Å². The number of H-pyrrole nitrogens is 1. The molecule has 2 heterocycles. The van der Waals surface area contributed by atoms with Crippen LogP contribution in [0.2, 0.25) is 0 Å². The van der Waals surface area contributed by atoms with Gasteiger partial charge in [-0.3, -0.25) is 0 Å². The Morgan fingerprint density at radius 3 is 3.27 bits per heavy atom. The van der Waals surface area contributed by atoms with E-state index in [9.17, 15) is 0 Å². The molecule has 56 valence electrons. The minimum Gasteiger partial charge on any atom is -0.244 e. The van der Waals surface area contributed by atoms with Gasteiger partial charge in [-0.25, -0.2) is 5.10 Å². The van der Waals surface area contributed by atoms with E-state index in [0.717, 1.165) is 5.69 Å². The molecule has 0 spiro atoms. The Morgan fingerprint density at radius 1 is 1.64 bits per heavy atom. The smallest absolute Gasteiger partial charge is 0.244 e. The van der Waals surface area contributed by atoms with Gasteiger partial charge in [0.15, 0.2) is 4.64 Å². The average Bonchev–Trinajstić information content (AvgIpc) is 2.36. The first-order chi connectivity index (χ1) is 5.27. The van der Waals surface area contributed by atoms with Gasteiger partial charge in [-0.05, 0) is 6.92 Å². The van der Waals surface area contributed by atoms with Gasteiger partial charge in [-0.15, -0.1) is 0 Å². The van der Waals surface area contributed by atoms with Crippen molar-refractivity contribution >= 4 is 18.0 Å². The summed E-state index contributed by atoms with van der Waals surface area (Å²) >= 11 is 4.91. The van der Waals surface area contributed by atoms with Crippen molar-refractivity contribution < 1.29 is 0 Å². The van der Waals surface area contributed by atoms with Crippen LogP contribution in [0, 0.1) is 11.6 Å². The molecule has 2 rings (SSSR count). The second-order valence-electron chi connectivity index (χ2n) is 2.13. The Labute approximate surface area is 67.1 Å². The summed E-state index contributed by atoms with van der Waals surface area (Å²) < 4.78 is 2.06. The molecule has 2 aromatic heterocycles. The largest absolute Gasteiger partial charge is 0.247 e. The second kappa shape index (κ2) is 2.09. The third-order valence-corrected chi connectivity index (χ3v) is 1.71. The van der Waals surface area contributed by atoms with Crippen molar-refractivity contribution in [3.63, 3.8) is 0 Å². The molecule has 1 N–H and O–H groups in total. The maximum absolute atomic E-state index is 4.91. The number of hydrogen-bond acceptors (Lipinski definition) is 4. The number of nitrogens with one attached hydrogen (secondary N) is 1. The van der Waals surface area contributed by atoms with Crippen molar-refractivity contribution in [3.8, 4) is 0 Å². The lowest BCUT2D eigenvalue weighted by molar-refractivity contribution is 0.859. The predicted molar refractivity (Wildman–Crippen MR) is 40.7 cm³/mol. The first kappa shape index (κ1) is 6.41. The van der Waals surface area contributed by atoms with E-state index in [2.05, 4.69) is 20.3 Å². The molecule has 0 fully saturated rings. The molecule has 0 aliphatic rings. The van der Waals surface area contributed by atoms with Crippen molar-refractivity contribution in [2.75, 3.05) is 0 Å². The number of aromatic nitrogens is 5. The van der Waals surface area contributed by atoms with Gasteiger partial charge in [-0.2, -0.15) is 19.7 Å². The highest BCUT2D eigenvalue weighted by atomic mass is 32.1. The standard InChI is InChI=1S/C5H5N5S/c1-3-4(11)7-5-8-6-2-10(5)9-3/h2H,1H3,(H,7,8,11). The van der Waals surface area contributed by atoms with Crippen LogP contribution in [0.15, 0.2) is 6.33 Å². The normalized spacial score (nSPS) is 10.6. The van der Waals surface area contributed by atoms with Gasteiger partial charge in [0.2, 0.25) is 5.78 Å². The first-order valence-corrected chi connectivity index (χ1v) is 3.45. The number of hydrogen-bond donors (Lipinski definition) is 1. The minimum atomic E-state index is 0.509. The molecular weight excluding hydrogens is 162 g/mol. The van der Waals surface area contributed by atoms with Crippen LogP contribution in [0.5, 0.6) is 0 Å². The van der Waals surface area contributed by atoms with Crippen molar-refractivity contribution in [3.05, 3.63) is 16.7 Å². The molecule has 0 aliphatic heterocycles. The highest BCUT2D eigenvalue weighted by Gasteiger charge is 1.97. The number of fused-ring (bicyclic) bond motifs is 1. The van der Waals surface area contributed by atoms with Gasteiger partial charge in [-0.1, -0.05) is 12.2 Å². The molecule has 0 radical (unpaired) electrons. The maximum Gasteiger partial charge on any atom is 0.247 e. The molecule has 0 bridgehead atoms. The SMILES string of the molecule is Cc1nn2cn[nH]c2nc1=S. The lowest BCUT2D eigenvalue weighted by Gasteiger charge is -1.91. The Morgan fingerprint density at radius 2 is 2.45 bits per heavy atom. The molecule has 6 heteroatoms. The Balaban J connectivity index is 2.97. The topological polar surface area (TPSA) is 58.9 Å². The van der Waals surface area contributed by atoms with E-state index < -0.39 is 0 Å². The summed E-state index contributed by atoms with van der Waals surface area (Å²) in [6, 6.07) is 0. The van der Waals surface area contributed by atoms with Gasteiger partial charge in [0, 0.05) is 0 Å². The van der Waals surface area contributed by atoms with E-state index >= 15 is 0 Å². The van der Waals surface area contributed by atoms with E-state index in [0.29, 0.717) is 10.4 Å². The molecule has 0 amide bonds. The summed E-state index contributed by atoms with van der Waals surface area (Å²) in [6.07, 6.45) is 1.55. The molecule has 0 aliphatic carbocycles. The van der Waals surface area contributed by atoms with Crippen molar-refractivity contribution in [2.24, 2.45) is 0 Å². The van der Waals surface area contributed by atoms with Crippen LogP contribution in [0.1, 0.15) is 5.69 Å². The number of aryl methyl sites for hydroxylation is 1. The Kier molecular flexibility index (Phi) is 1.22. The van der Waals surface area contributed by atoms with E-state index in [-0.39, 0.29) is 0 Å². The highest BCUT2D eigenvalue weighted by molar-refractivity contribution is 7.71. The monoisotopic (exact) mass is 167 g/mol. The van der Waals surface area contributed by atoms with Crippen LogP contribution in [-0.4, -0.2) is 24.8 Å². The first-order valence-electron chi connectivity index (χ1n) is 3.04. The Hall–Kier alpha value is -1.30. The number of aromatic amines is 1. The van der Waals surface area contributed by atoms with E-state index in [4.69, 9.17) is 12.2 Å². The molecule has 0 unspecified atom stereocenters. The summed E-state index contributed by atoms with van der Waals surface area (Å²) in [5, 5.41) is 10.5. The predicted octanol–water partition coefficient (Wildman–Crippen LogP) is 0.490. The second-order valence-corrected chi connectivity index (χ2v) is 2.51. The highest BCUT2D eigenvalue weighted by Crippen LogP contribution is 1.95. The fourth-order valence-corrected chi connectivity index (χ4v) is 0.905. The zero-order valence-corrected chi connectivity index (χ0v) is 6.59. The van der Waals surface area contributed by atoms with Gasteiger partial charge < -0.3 is 0 Å². The molecule has 5 nitrogen and oxygen atoms in total. The molecule has 11 heavy (non-hydrogen) atoms. The number of nitrogens with zero attached hydrogens (tertiary/aromatic N) is 4. The summed E-state index contributed by atoms with van der Waals surface area (Å²) in [5.41, 5.74) is 0.735. The number of rotatable bonds is 0. The Bertz CT molecular complexity index is 441. The molecule has 0 saturated carbocycles. The summed E-state index contributed by atoms with van der Waals surface area (Å²) in [6.45, 7) is 1.81. The van der Waals surface area contributed by atoms with E-state index in [1.165, 1.54) is 0 Å². The molecule has 0 saturated heterocycles. The zero-order valence-electron chi connectivity index (χ0n) is 5.77. The lowest BCUT2D eigenvalue weighted by atomic mass is 10.5. The van der Waals surface area contributed by atoms with Crippen LogP contribution in [0.4, 0.5) is 0 Å². The van der Waals surface area contributed by atoms with Crippen LogP contribution < -0.4 is 0 Å². The van der Waals surface area contributed by atoms with Crippen LogP contribution >= 0.6 is 12.2 Å². The third kappa shape index (κ3) is 0.911. The fraction of sp³-hybridized carbons (Fsp3) is 0.200. The minimum absolute atomic E-state index is 0.509. The van der Waals surface area contributed by atoms with E-state index in [1.54, 1.807) is 10.8 Å². The summed E-state index contributed by atoms with van der Waals surface area (Å²) in [7, 11) is 0. The van der Waals surface area contributed by atoms with Crippen molar-refractivity contribution in [1.82, 2.24) is 24.8 Å². The van der Waals surface area contributed by atoms with Gasteiger partial charge in [0.25, 0.3) is 0 Å². The summed E-state index contributed by atoms with van der Waals surface area (Å²) in [5.74, 6) is 0.570. The lowest BCUT2D eigenvalue weighted by Crippen LogP contribution is -1.96. The zero-order chi connectivity index (χ0) is 7.84. The van der Waals surface area contributed by atoms with Crippen molar-refractivity contribution in [1.29, 1.82) is 0 Å². The van der Waals surface area contributed by atoms with Gasteiger partial charge >= 0.3 is 0 Å². The molecule has 0 atom stereocenters. The molecule has 2 aromatic rings. The van der Waals surface area contributed by atoms with E-state index in [1.807, 2.05) is 6.92 Å². The van der Waals surface area contributed by atoms with Crippen molar-refractivity contribution in [2.45, 2.75) is 6.92 Å². The van der Waals surface area contributed by atoms with Crippen LogP contribution in [-0.2, 0) is 0 Å². The fourth-order valence-electron chi connectivity index (χ4n) is 0.778. The molecule has 0 aromatic carbocycles. The summed E-state index contributed by atoms with van der Waals surface area (Å²) in [4.78, 5) is 4.03. The van der Waals surface area contributed by atoms with Crippen LogP contribution in [0.3, 0.4) is 0 Å². The maximum atomic E-state index is 4.91. The average molecular weight is 167 g/mol.